The zero-order chi connectivity index (χ0) is 18.8. The minimum Gasteiger partial charge on any atom is -0.261 e. The van der Waals surface area contributed by atoms with Gasteiger partial charge >= 0.3 is 0 Å². The average Bonchev–Trinajstić information content (AvgIpc) is 2.69. The van der Waals surface area contributed by atoms with Crippen molar-refractivity contribution in [3.05, 3.63) is 90.0 Å². The monoisotopic (exact) mass is 351 g/mol. The summed E-state index contributed by atoms with van der Waals surface area (Å²) in [5.41, 5.74) is 9.40. The van der Waals surface area contributed by atoms with Crippen molar-refractivity contribution in [3.8, 4) is 33.6 Å². The maximum absolute atomic E-state index is 4.92. The lowest BCUT2D eigenvalue weighted by molar-refractivity contribution is 1.19. The van der Waals surface area contributed by atoms with Gasteiger partial charge in [-0.05, 0) is 56.7 Å². The lowest BCUT2D eigenvalue weighted by atomic mass is 10.0. The van der Waals surface area contributed by atoms with Crippen LogP contribution >= 0.6 is 0 Å². The van der Waals surface area contributed by atoms with E-state index in [1.807, 2.05) is 38.4 Å². The highest BCUT2D eigenvalue weighted by Crippen LogP contribution is 2.30. The van der Waals surface area contributed by atoms with Crippen LogP contribution in [0.1, 0.15) is 17.0 Å². The van der Waals surface area contributed by atoms with Gasteiger partial charge in [0, 0.05) is 40.5 Å². The summed E-state index contributed by atoms with van der Waals surface area (Å²) in [4.78, 5) is 13.8. The van der Waals surface area contributed by atoms with Crippen LogP contribution in [0.3, 0.4) is 0 Å². The number of benzene rings is 1. The first kappa shape index (κ1) is 17.1. The molecule has 0 saturated carbocycles. The Morgan fingerprint density at radius 1 is 0.519 bits per heavy atom. The number of hydrogen-bond acceptors (Lipinski definition) is 3. The van der Waals surface area contributed by atoms with Crippen LogP contribution in [0.15, 0.2) is 73.1 Å². The number of aryl methyl sites for hydroxylation is 3. The molecule has 0 bridgehead atoms. The molecule has 3 nitrogen and oxygen atoms in total. The number of nitrogens with zero attached hydrogens (tertiary/aromatic N) is 3. The second-order valence-corrected chi connectivity index (χ2v) is 6.87. The summed E-state index contributed by atoms with van der Waals surface area (Å²) in [6, 6.07) is 20.9. The molecule has 0 aliphatic rings. The van der Waals surface area contributed by atoms with Crippen molar-refractivity contribution >= 4 is 0 Å². The molecule has 0 N–H and O–H groups in total. The first-order chi connectivity index (χ1) is 13.1. The number of aromatic nitrogens is 3. The van der Waals surface area contributed by atoms with Crippen molar-refractivity contribution in [3.63, 3.8) is 0 Å². The molecule has 0 atom stereocenters. The Morgan fingerprint density at radius 3 is 1.59 bits per heavy atom. The minimum absolute atomic E-state index is 0.913. The van der Waals surface area contributed by atoms with Gasteiger partial charge in [-0.1, -0.05) is 35.9 Å². The van der Waals surface area contributed by atoms with Crippen molar-refractivity contribution in [2.24, 2.45) is 0 Å². The molecule has 0 radical (unpaired) electrons. The minimum atomic E-state index is 0.913. The SMILES string of the molecule is Cc1ccc(-c2cc(-c3ccc(C)nc3)cc(-c3ccc(C)nc3)n2)cc1. The number of rotatable bonds is 3. The third kappa shape index (κ3) is 3.77. The lowest BCUT2D eigenvalue weighted by Crippen LogP contribution is -1.93. The average molecular weight is 351 g/mol. The largest absolute Gasteiger partial charge is 0.261 e. The van der Waals surface area contributed by atoms with E-state index in [2.05, 4.69) is 65.4 Å². The van der Waals surface area contributed by atoms with Crippen LogP contribution in [0.4, 0.5) is 0 Å². The molecule has 0 saturated heterocycles. The topological polar surface area (TPSA) is 38.7 Å². The Hall–Kier alpha value is -3.33. The maximum atomic E-state index is 4.92. The van der Waals surface area contributed by atoms with E-state index >= 15 is 0 Å². The molecule has 132 valence electrons. The zero-order valence-corrected chi connectivity index (χ0v) is 15.8. The van der Waals surface area contributed by atoms with Gasteiger partial charge in [0.15, 0.2) is 0 Å². The fourth-order valence-electron chi connectivity index (χ4n) is 2.98. The highest BCUT2D eigenvalue weighted by atomic mass is 14.7. The molecular weight excluding hydrogens is 330 g/mol. The molecule has 4 aromatic rings. The van der Waals surface area contributed by atoms with E-state index in [0.29, 0.717) is 0 Å². The van der Waals surface area contributed by atoms with Gasteiger partial charge < -0.3 is 0 Å². The Labute approximate surface area is 159 Å². The molecule has 1 aromatic carbocycles. The predicted octanol–water partition coefficient (Wildman–Crippen LogP) is 5.80. The molecular formula is C24H21N3. The van der Waals surface area contributed by atoms with E-state index < -0.39 is 0 Å². The molecule has 0 aliphatic carbocycles. The van der Waals surface area contributed by atoms with Crippen molar-refractivity contribution in [1.29, 1.82) is 0 Å². The van der Waals surface area contributed by atoms with E-state index in [0.717, 1.165) is 45.0 Å². The van der Waals surface area contributed by atoms with Crippen molar-refractivity contribution in [2.75, 3.05) is 0 Å². The fourth-order valence-corrected chi connectivity index (χ4v) is 2.98. The molecule has 0 spiro atoms. The molecule has 27 heavy (non-hydrogen) atoms. The van der Waals surface area contributed by atoms with Crippen LogP contribution in [-0.4, -0.2) is 15.0 Å². The normalized spacial score (nSPS) is 10.8. The standard InChI is InChI=1S/C24H21N3/c1-16-4-8-19(9-5-16)23-12-22(20-10-6-17(2)25-14-20)13-24(27-23)21-11-7-18(3)26-15-21/h4-15H,1-3H3. The van der Waals surface area contributed by atoms with Gasteiger partial charge in [0.05, 0.1) is 11.4 Å². The van der Waals surface area contributed by atoms with Crippen LogP contribution in [0.2, 0.25) is 0 Å². The predicted molar refractivity (Wildman–Crippen MR) is 110 cm³/mol. The van der Waals surface area contributed by atoms with Crippen LogP contribution in [0.25, 0.3) is 33.6 Å². The summed E-state index contributed by atoms with van der Waals surface area (Å²) >= 11 is 0. The second-order valence-electron chi connectivity index (χ2n) is 6.87. The van der Waals surface area contributed by atoms with Crippen molar-refractivity contribution < 1.29 is 0 Å². The summed E-state index contributed by atoms with van der Waals surface area (Å²) in [5, 5.41) is 0. The first-order valence-electron chi connectivity index (χ1n) is 9.04. The molecule has 0 amide bonds. The van der Waals surface area contributed by atoms with Gasteiger partial charge in [-0.15, -0.1) is 0 Å². The molecule has 0 unspecified atom stereocenters. The van der Waals surface area contributed by atoms with E-state index in [1.54, 1.807) is 0 Å². The smallest absolute Gasteiger partial charge is 0.0731 e. The Morgan fingerprint density at radius 2 is 1.04 bits per heavy atom. The third-order valence-corrected chi connectivity index (χ3v) is 4.62. The number of pyridine rings is 3. The fraction of sp³-hybridized carbons (Fsp3) is 0.125. The van der Waals surface area contributed by atoms with Crippen LogP contribution < -0.4 is 0 Å². The maximum Gasteiger partial charge on any atom is 0.0731 e. The van der Waals surface area contributed by atoms with E-state index in [1.165, 1.54) is 5.56 Å². The van der Waals surface area contributed by atoms with Crippen molar-refractivity contribution in [1.82, 2.24) is 15.0 Å². The molecule has 0 fully saturated rings. The second kappa shape index (κ2) is 7.12. The van der Waals surface area contributed by atoms with Gasteiger partial charge in [0.25, 0.3) is 0 Å². The van der Waals surface area contributed by atoms with E-state index in [9.17, 15) is 0 Å². The first-order valence-corrected chi connectivity index (χ1v) is 9.04. The molecule has 3 aromatic heterocycles. The molecule has 0 aliphatic heterocycles. The number of hydrogen-bond donors (Lipinski definition) is 0. The molecule has 3 heteroatoms. The summed E-state index contributed by atoms with van der Waals surface area (Å²) < 4.78 is 0. The quantitative estimate of drug-likeness (QED) is 0.468. The van der Waals surface area contributed by atoms with E-state index in [-0.39, 0.29) is 0 Å². The Balaban J connectivity index is 1.89. The van der Waals surface area contributed by atoms with Crippen molar-refractivity contribution in [2.45, 2.75) is 20.8 Å². The van der Waals surface area contributed by atoms with Gasteiger partial charge in [-0.3, -0.25) is 9.97 Å². The zero-order valence-electron chi connectivity index (χ0n) is 15.8. The summed E-state index contributed by atoms with van der Waals surface area (Å²) in [6.07, 6.45) is 3.80. The summed E-state index contributed by atoms with van der Waals surface area (Å²) in [7, 11) is 0. The van der Waals surface area contributed by atoms with Gasteiger partial charge in [0.1, 0.15) is 0 Å². The third-order valence-electron chi connectivity index (χ3n) is 4.62. The van der Waals surface area contributed by atoms with Gasteiger partial charge in [-0.2, -0.15) is 0 Å². The van der Waals surface area contributed by atoms with Gasteiger partial charge in [-0.25, -0.2) is 4.98 Å². The lowest BCUT2D eigenvalue weighted by Gasteiger charge is -2.10. The highest BCUT2D eigenvalue weighted by Gasteiger charge is 2.09. The molecule has 4 rings (SSSR count). The Kier molecular flexibility index (Phi) is 4.51. The highest BCUT2D eigenvalue weighted by molar-refractivity contribution is 5.76. The van der Waals surface area contributed by atoms with Gasteiger partial charge in [0.2, 0.25) is 0 Å². The van der Waals surface area contributed by atoms with Crippen LogP contribution in [0.5, 0.6) is 0 Å². The van der Waals surface area contributed by atoms with Crippen LogP contribution in [0, 0.1) is 20.8 Å². The van der Waals surface area contributed by atoms with Crippen LogP contribution in [-0.2, 0) is 0 Å². The Bertz CT molecular complexity index is 910. The summed E-state index contributed by atoms with van der Waals surface area (Å²) in [6.45, 7) is 6.08. The molecule has 3 heterocycles. The van der Waals surface area contributed by atoms with E-state index in [4.69, 9.17) is 4.98 Å². The summed E-state index contributed by atoms with van der Waals surface area (Å²) in [5.74, 6) is 0.